The number of nitrogens with zero attached hydrogens (tertiary/aromatic N) is 1. The number of allylic oxidation sites excluding steroid dienone is 4. The number of benzene rings is 4. The molecule has 5 aromatic rings. The van der Waals surface area contributed by atoms with Gasteiger partial charge in [0.2, 0.25) is 0 Å². The van der Waals surface area contributed by atoms with E-state index in [1.54, 1.807) is 0 Å². The van der Waals surface area contributed by atoms with E-state index >= 15 is 0 Å². The largest absolute Gasteiger partial charge is 0.239 e. The van der Waals surface area contributed by atoms with Crippen molar-refractivity contribution in [2.75, 3.05) is 0 Å². The number of fused-ring (bicyclic) bond motifs is 3. The number of hydrogen-bond donors (Lipinski definition) is 0. The van der Waals surface area contributed by atoms with Gasteiger partial charge >= 0.3 is 0 Å². The SMILES string of the molecule is C/C=C\C(=C/C)c1c2ccccc2c(-c2nc(Br)c(Br)c3ccccc23)c2ccccc12. The highest BCUT2D eigenvalue weighted by Crippen LogP contribution is 2.45. The van der Waals surface area contributed by atoms with E-state index in [0.29, 0.717) is 0 Å². The van der Waals surface area contributed by atoms with Gasteiger partial charge in [0.05, 0.1) is 10.2 Å². The summed E-state index contributed by atoms with van der Waals surface area (Å²) >= 11 is 7.41. The third-order valence-corrected chi connectivity index (χ3v) is 7.83. The van der Waals surface area contributed by atoms with E-state index in [9.17, 15) is 0 Å². The smallest absolute Gasteiger partial charge is 0.121 e. The summed E-state index contributed by atoms with van der Waals surface area (Å²) in [6.45, 7) is 4.17. The van der Waals surface area contributed by atoms with Gasteiger partial charge in [0.25, 0.3) is 0 Å². The van der Waals surface area contributed by atoms with Crippen molar-refractivity contribution in [1.29, 1.82) is 0 Å². The number of rotatable bonds is 3. The first-order valence-corrected chi connectivity index (χ1v) is 12.2. The minimum atomic E-state index is 0.812. The van der Waals surface area contributed by atoms with Gasteiger partial charge < -0.3 is 0 Å². The Hall–Kier alpha value is -2.75. The molecule has 0 spiro atoms. The zero-order chi connectivity index (χ0) is 22.2. The summed E-state index contributed by atoms with van der Waals surface area (Å²) in [4.78, 5) is 5.04. The maximum atomic E-state index is 5.04. The summed E-state index contributed by atoms with van der Waals surface area (Å²) in [5.74, 6) is 0. The van der Waals surface area contributed by atoms with E-state index in [1.807, 2.05) is 0 Å². The van der Waals surface area contributed by atoms with E-state index in [0.717, 1.165) is 25.5 Å². The molecular weight excluding hydrogens is 522 g/mol. The molecule has 1 aromatic heterocycles. The predicted octanol–water partition coefficient (Wildman–Crippen LogP) is 9.71. The molecule has 5 rings (SSSR count). The Morgan fingerprint density at radius 3 is 1.72 bits per heavy atom. The van der Waals surface area contributed by atoms with Gasteiger partial charge in [-0.05, 0) is 78.4 Å². The second-order valence-corrected chi connectivity index (χ2v) is 9.24. The standard InChI is InChI=1S/C29H21Br2N/c1-3-11-18(4-2)25-19-12-5-7-14-21(19)26(22-15-8-6-13-20(22)25)28-24-17-10-9-16-23(24)27(30)29(31)32-28/h3-17H,1-2H3/b11-3-,18-4+. The summed E-state index contributed by atoms with van der Waals surface area (Å²) < 4.78 is 1.79. The van der Waals surface area contributed by atoms with Crippen LogP contribution in [0.2, 0.25) is 0 Å². The lowest BCUT2D eigenvalue weighted by Gasteiger charge is -2.19. The molecule has 0 amide bonds. The molecule has 1 nitrogen and oxygen atoms in total. The van der Waals surface area contributed by atoms with Crippen LogP contribution in [0.15, 0.2) is 100 Å². The van der Waals surface area contributed by atoms with Gasteiger partial charge in [0.15, 0.2) is 0 Å². The van der Waals surface area contributed by atoms with Gasteiger partial charge in [-0.15, -0.1) is 0 Å². The summed E-state index contributed by atoms with van der Waals surface area (Å²) in [7, 11) is 0. The maximum Gasteiger partial charge on any atom is 0.121 e. The average Bonchev–Trinajstić information content (AvgIpc) is 2.84. The van der Waals surface area contributed by atoms with Crippen molar-refractivity contribution in [3.8, 4) is 11.3 Å². The maximum absolute atomic E-state index is 5.04. The Morgan fingerprint density at radius 2 is 1.19 bits per heavy atom. The zero-order valence-corrected chi connectivity index (χ0v) is 21.0. The Bertz CT molecular complexity index is 1500. The highest BCUT2D eigenvalue weighted by atomic mass is 79.9. The molecule has 32 heavy (non-hydrogen) atoms. The minimum Gasteiger partial charge on any atom is -0.239 e. The van der Waals surface area contributed by atoms with Crippen LogP contribution in [-0.2, 0) is 0 Å². The van der Waals surface area contributed by atoms with Crippen LogP contribution in [0.25, 0.3) is 49.1 Å². The van der Waals surface area contributed by atoms with Crippen molar-refractivity contribution in [3.63, 3.8) is 0 Å². The monoisotopic (exact) mass is 541 g/mol. The lowest BCUT2D eigenvalue weighted by Crippen LogP contribution is -1.96. The quantitative estimate of drug-likeness (QED) is 0.125. The summed E-state index contributed by atoms with van der Waals surface area (Å²) in [5, 5.41) is 7.15. The first-order valence-electron chi connectivity index (χ1n) is 10.6. The van der Waals surface area contributed by atoms with Crippen LogP contribution in [0.1, 0.15) is 19.4 Å². The molecule has 0 aliphatic heterocycles. The van der Waals surface area contributed by atoms with Gasteiger partial charge in [-0.3, -0.25) is 0 Å². The van der Waals surface area contributed by atoms with Crippen molar-refractivity contribution in [3.05, 3.63) is 106 Å². The lowest BCUT2D eigenvalue weighted by atomic mass is 9.86. The first kappa shape index (κ1) is 21.1. The lowest BCUT2D eigenvalue weighted by molar-refractivity contribution is 1.30. The van der Waals surface area contributed by atoms with E-state index < -0.39 is 0 Å². The normalized spacial score (nSPS) is 12.4. The van der Waals surface area contributed by atoms with Gasteiger partial charge in [0.1, 0.15) is 4.60 Å². The molecule has 0 radical (unpaired) electrons. The Labute approximate surface area is 204 Å². The third kappa shape index (κ3) is 3.32. The van der Waals surface area contributed by atoms with Crippen molar-refractivity contribution >= 4 is 69.8 Å². The zero-order valence-electron chi connectivity index (χ0n) is 17.9. The van der Waals surface area contributed by atoms with Gasteiger partial charge in [0, 0.05) is 16.3 Å². The molecule has 0 unspecified atom stereocenters. The van der Waals surface area contributed by atoms with Gasteiger partial charge in [-0.1, -0.05) is 91.0 Å². The van der Waals surface area contributed by atoms with Crippen LogP contribution in [-0.4, -0.2) is 4.98 Å². The molecule has 0 aliphatic rings. The fraction of sp³-hybridized carbons (Fsp3) is 0.0690. The number of pyridine rings is 1. The van der Waals surface area contributed by atoms with Crippen molar-refractivity contribution in [1.82, 2.24) is 4.98 Å². The second-order valence-electron chi connectivity index (χ2n) is 7.70. The number of halogens is 2. The fourth-order valence-corrected chi connectivity index (χ4v) is 5.41. The molecule has 0 saturated heterocycles. The van der Waals surface area contributed by atoms with Crippen LogP contribution in [0.5, 0.6) is 0 Å². The van der Waals surface area contributed by atoms with E-state index in [2.05, 4.69) is 137 Å². The topological polar surface area (TPSA) is 12.9 Å². The van der Waals surface area contributed by atoms with E-state index in [4.69, 9.17) is 4.98 Å². The van der Waals surface area contributed by atoms with Crippen LogP contribution in [0.3, 0.4) is 0 Å². The highest BCUT2D eigenvalue weighted by Gasteiger charge is 2.20. The summed E-state index contributed by atoms with van der Waals surface area (Å²) in [5.41, 5.74) is 4.64. The van der Waals surface area contributed by atoms with Gasteiger partial charge in [-0.2, -0.15) is 0 Å². The Morgan fingerprint density at radius 1 is 0.688 bits per heavy atom. The third-order valence-electron chi connectivity index (χ3n) is 5.92. The number of aromatic nitrogens is 1. The van der Waals surface area contributed by atoms with E-state index in [1.165, 1.54) is 38.2 Å². The van der Waals surface area contributed by atoms with Crippen molar-refractivity contribution < 1.29 is 0 Å². The average molecular weight is 543 g/mol. The Kier molecular flexibility index (Phi) is 5.71. The molecule has 1 heterocycles. The van der Waals surface area contributed by atoms with Crippen LogP contribution < -0.4 is 0 Å². The molecule has 156 valence electrons. The van der Waals surface area contributed by atoms with Crippen molar-refractivity contribution in [2.45, 2.75) is 13.8 Å². The summed E-state index contributed by atoms with van der Waals surface area (Å²) in [6, 6.07) is 25.8. The van der Waals surface area contributed by atoms with E-state index in [-0.39, 0.29) is 0 Å². The second kappa shape index (κ2) is 8.65. The molecule has 0 fully saturated rings. The fourth-order valence-electron chi connectivity index (χ4n) is 4.59. The first-order chi connectivity index (χ1) is 15.7. The molecule has 3 heteroatoms. The molecule has 4 aromatic carbocycles. The van der Waals surface area contributed by atoms with Crippen LogP contribution in [0, 0.1) is 0 Å². The number of hydrogen-bond acceptors (Lipinski definition) is 1. The molecule has 0 bridgehead atoms. The molecule has 0 atom stereocenters. The molecule has 0 saturated carbocycles. The molecule has 0 N–H and O–H groups in total. The highest BCUT2D eigenvalue weighted by molar-refractivity contribution is 9.13. The van der Waals surface area contributed by atoms with Gasteiger partial charge in [-0.25, -0.2) is 4.98 Å². The summed E-state index contributed by atoms with van der Waals surface area (Å²) in [6.07, 6.45) is 6.49. The minimum absolute atomic E-state index is 0.812. The van der Waals surface area contributed by atoms with Crippen LogP contribution in [0.4, 0.5) is 0 Å². The van der Waals surface area contributed by atoms with Crippen LogP contribution >= 0.6 is 31.9 Å². The molecular formula is C29H21Br2N. The Balaban J connectivity index is 2.04. The predicted molar refractivity (Wildman–Crippen MR) is 146 cm³/mol. The molecule has 0 aliphatic carbocycles. The van der Waals surface area contributed by atoms with Crippen molar-refractivity contribution in [2.24, 2.45) is 0 Å².